The van der Waals surface area contributed by atoms with E-state index in [-0.39, 0.29) is 5.76 Å². The van der Waals surface area contributed by atoms with E-state index in [1.807, 2.05) is 6.92 Å². The van der Waals surface area contributed by atoms with Crippen LogP contribution in [-0.4, -0.2) is 28.1 Å². The number of alkyl halides is 4. The normalized spacial score (nSPS) is 27.4. The van der Waals surface area contributed by atoms with Crippen molar-refractivity contribution in [1.82, 2.24) is 10.6 Å². The minimum Gasteiger partial charge on any atom is -0.459 e. The van der Waals surface area contributed by atoms with Gasteiger partial charge in [-0.05, 0) is 37.3 Å². The SMILES string of the molecule is CC1CCC(NC(NC(=O)c2ccco2)C(Cl)(Cl)Cl)C(F)C1. The minimum absolute atomic E-state index is 0.0927. The Morgan fingerprint density at radius 1 is 1.45 bits per heavy atom. The van der Waals surface area contributed by atoms with Crippen LogP contribution in [0.25, 0.3) is 0 Å². The fourth-order valence-corrected chi connectivity index (χ4v) is 2.89. The average Bonchev–Trinajstić information content (AvgIpc) is 2.93. The molecule has 0 bridgehead atoms. The number of furan rings is 1. The van der Waals surface area contributed by atoms with Gasteiger partial charge in [-0.15, -0.1) is 0 Å². The van der Waals surface area contributed by atoms with Crippen LogP contribution in [0.5, 0.6) is 0 Å². The van der Waals surface area contributed by atoms with Crippen LogP contribution in [0.4, 0.5) is 4.39 Å². The molecular formula is C14H18Cl3FN2O2. The molecule has 1 amide bonds. The topological polar surface area (TPSA) is 54.3 Å². The lowest BCUT2D eigenvalue weighted by molar-refractivity contribution is 0.0875. The molecule has 0 aromatic carbocycles. The van der Waals surface area contributed by atoms with Gasteiger partial charge in [0.25, 0.3) is 5.91 Å². The number of hydrogen-bond donors (Lipinski definition) is 2. The van der Waals surface area contributed by atoms with E-state index in [9.17, 15) is 9.18 Å². The van der Waals surface area contributed by atoms with Gasteiger partial charge >= 0.3 is 0 Å². The van der Waals surface area contributed by atoms with Crippen molar-refractivity contribution in [2.24, 2.45) is 5.92 Å². The Morgan fingerprint density at radius 2 is 2.18 bits per heavy atom. The van der Waals surface area contributed by atoms with E-state index in [1.54, 1.807) is 6.07 Å². The molecule has 0 saturated heterocycles. The van der Waals surface area contributed by atoms with Crippen LogP contribution in [0, 0.1) is 5.92 Å². The van der Waals surface area contributed by atoms with Crippen LogP contribution in [0.2, 0.25) is 0 Å². The van der Waals surface area contributed by atoms with Gasteiger partial charge in [0.05, 0.1) is 6.26 Å². The van der Waals surface area contributed by atoms with Crippen molar-refractivity contribution in [2.75, 3.05) is 0 Å². The Labute approximate surface area is 143 Å². The van der Waals surface area contributed by atoms with E-state index >= 15 is 0 Å². The van der Waals surface area contributed by atoms with Gasteiger partial charge in [-0.2, -0.15) is 0 Å². The molecule has 0 aliphatic heterocycles. The van der Waals surface area contributed by atoms with Crippen LogP contribution in [0.3, 0.4) is 0 Å². The number of amides is 1. The third-order valence-electron chi connectivity index (χ3n) is 3.76. The summed E-state index contributed by atoms with van der Waals surface area (Å²) in [6.07, 6.45) is 1.27. The van der Waals surface area contributed by atoms with Crippen LogP contribution < -0.4 is 10.6 Å². The maximum atomic E-state index is 14.1. The summed E-state index contributed by atoms with van der Waals surface area (Å²) in [6, 6.07) is 2.60. The summed E-state index contributed by atoms with van der Waals surface area (Å²) >= 11 is 17.7. The lowest BCUT2D eigenvalue weighted by Crippen LogP contribution is -2.59. The van der Waals surface area contributed by atoms with E-state index in [1.165, 1.54) is 12.3 Å². The van der Waals surface area contributed by atoms with E-state index < -0.39 is 28.1 Å². The molecule has 1 aromatic rings. The fraction of sp³-hybridized carbons (Fsp3) is 0.643. The molecule has 4 atom stereocenters. The minimum atomic E-state index is -1.81. The van der Waals surface area contributed by atoms with Gasteiger partial charge in [-0.1, -0.05) is 41.7 Å². The Hall–Kier alpha value is -0.490. The Balaban J connectivity index is 2.02. The van der Waals surface area contributed by atoms with Crippen molar-refractivity contribution in [3.8, 4) is 0 Å². The molecule has 1 aliphatic carbocycles. The first kappa shape index (κ1) is 17.9. The van der Waals surface area contributed by atoms with Crippen LogP contribution >= 0.6 is 34.8 Å². The molecule has 1 fully saturated rings. The van der Waals surface area contributed by atoms with Gasteiger partial charge in [0.2, 0.25) is 3.79 Å². The highest BCUT2D eigenvalue weighted by Gasteiger charge is 2.39. The smallest absolute Gasteiger partial charge is 0.288 e. The number of halogens is 4. The van der Waals surface area contributed by atoms with Crippen molar-refractivity contribution >= 4 is 40.7 Å². The van der Waals surface area contributed by atoms with Crippen molar-refractivity contribution < 1.29 is 13.6 Å². The largest absolute Gasteiger partial charge is 0.459 e. The van der Waals surface area contributed by atoms with Crippen LogP contribution in [-0.2, 0) is 0 Å². The highest BCUT2D eigenvalue weighted by Crippen LogP contribution is 2.32. The highest BCUT2D eigenvalue weighted by atomic mass is 35.6. The molecule has 4 unspecified atom stereocenters. The summed E-state index contributed by atoms with van der Waals surface area (Å²) in [7, 11) is 0. The zero-order valence-electron chi connectivity index (χ0n) is 12.0. The van der Waals surface area contributed by atoms with Gasteiger partial charge in [-0.3, -0.25) is 10.1 Å². The fourth-order valence-electron chi connectivity index (χ4n) is 2.54. The predicted octanol–water partition coefficient (Wildman–Crippen LogP) is 3.82. The van der Waals surface area contributed by atoms with Gasteiger partial charge in [-0.25, -0.2) is 4.39 Å². The first-order chi connectivity index (χ1) is 10.3. The predicted molar refractivity (Wildman–Crippen MR) is 85.1 cm³/mol. The number of nitrogens with one attached hydrogen (secondary N) is 2. The van der Waals surface area contributed by atoms with Crippen molar-refractivity contribution in [3.63, 3.8) is 0 Å². The van der Waals surface area contributed by atoms with Crippen LogP contribution in [0.1, 0.15) is 36.7 Å². The number of hydrogen-bond acceptors (Lipinski definition) is 3. The van der Waals surface area contributed by atoms with Crippen molar-refractivity contribution in [3.05, 3.63) is 24.2 Å². The quantitative estimate of drug-likeness (QED) is 0.625. The van der Waals surface area contributed by atoms with Crippen molar-refractivity contribution in [1.29, 1.82) is 0 Å². The monoisotopic (exact) mass is 370 g/mol. The second kappa shape index (κ2) is 7.39. The van der Waals surface area contributed by atoms with Gasteiger partial charge in [0, 0.05) is 6.04 Å². The van der Waals surface area contributed by atoms with Gasteiger partial charge in [0.15, 0.2) is 5.76 Å². The maximum Gasteiger partial charge on any atom is 0.288 e. The third kappa shape index (κ3) is 4.75. The lowest BCUT2D eigenvalue weighted by atomic mass is 9.86. The molecule has 4 nitrogen and oxygen atoms in total. The summed E-state index contributed by atoms with van der Waals surface area (Å²) in [5.74, 6) is -0.111. The molecule has 124 valence electrons. The van der Waals surface area contributed by atoms with Crippen molar-refractivity contribution in [2.45, 2.75) is 48.4 Å². The lowest BCUT2D eigenvalue weighted by Gasteiger charge is -2.36. The standard InChI is InChI=1S/C14H18Cl3FN2O2/c1-8-4-5-10(9(18)7-8)19-13(14(15,16)17)20-12(21)11-3-2-6-22-11/h2-3,6,8-10,13,19H,4-5,7H2,1H3,(H,20,21). The Kier molecular flexibility index (Phi) is 6.00. The maximum absolute atomic E-state index is 14.1. The molecule has 8 heteroatoms. The summed E-state index contributed by atoms with van der Waals surface area (Å²) < 4.78 is 17.3. The van der Waals surface area contributed by atoms with Crippen LogP contribution in [0.15, 0.2) is 22.8 Å². The zero-order valence-corrected chi connectivity index (χ0v) is 14.3. The first-order valence-corrected chi connectivity index (χ1v) is 8.22. The number of carbonyl (C=O) groups excluding carboxylic acids is 1. The Morgan fingerprint density at radius 3 is 2.73 bits per heavy atom. The number of rotatable bonds is 4. The number of carbonyl (C=O) groups is 1. The Bertz CT molecular complexity index is 493. The molecule has 0 spiro atoms. The van der Waals surface area contributed by atoms with E-state index in [2.05, 4.69) is 10.6 Å². The molecule has 1 aromatic heterocycles. The average molecular weight is 372 g/mol. The third-order valence-corrected chi connectivity index (χ3v) is 4.42. The summed E-state index contributed by atoms with van der Waals surface area (Å²) in [5, 5.41) is 5.45. The molecule has 1 aliphatic rings. The van der Waals surface area contributed by atoms with Gasteiger partial charge < -0.3 is 9.73 Å². The van der Waals surface area contributed by atoms with E-state index in [4.69, 9.17) is 39.2 Å². The van der Waals surface area contributed by atoms with E-state index in [0.717, 1.165) is 6.42 Å². The zero-order chi connectivity index (χ0) is 16.3. The summed E-state index contributed by atoms with van der Waals surface area (Å²) in [6.45, 7) is 2.01. The highest BCUT2D eigenvalue weighted by molar-refractivity contribution is 6.68. The molecular weight excluding hydrogens is 354 g/mol. The summed E-state index contributed by atoms with van der Waals surface area (Å²) in [5.41, 5.74) is 0. The molecule has 1 saturated carbocycles. The second-order valence-electron chi connectivity index (χ2n) is 5.63. The molecule has 2 N–H and O–H groups in total. The molecule has 0 radical (unpaired) electrons. The summed E-state index contributed by atoms with van der Waals surface area (Å²) in [4.78, 5) is 12.0. The molecule has 22 heavy (non-hydrogen) atoms. The molecule has 1 heterocycles. The second-order valence-corrected chi connectivity index (χ2v) is 8.00. The first-order valence-electron chi connectivity index (χ1n) is 7.08. The van der Waals surface area contributed by atoms with E-state index in [0.29, 0.717) is 18.8 Å². The van der Waals surface area contributed by atoms with Gasteiger partial charge in [0.1, 0.15) is 12.3 Å². The molecule has 2 rings (SSSR count).